The number of hydrogen-bond donors (Lipinski definition) is 0. The predicted molar refractivity (Wildman–Crippen MR) is 96.0 cm³/mol. The van der Waals surface area contributed by atoms with Crippen LogP contribution in [0.25, 0.3) is 0 Å². The van der Waals surface area contributed by atoms with Crippen molar-refractivity contribution in [2.24, 2.45) is 0 Å². The SMILES string of the molecule is CCOc1cc(C(F)(F)F)ccc1C1CCN(c2ccc(C(F)(F)F)cn2)CC1. The molecule has 3 rings (SSSR count). The molecule has 0 N–H and O–H groups in total. The van der Waals surface area contributed by atoms with Crippen LogP contribution in [-0.4, -0.2) is 24.7 Å². The molecule has 0 radical (unpaired) electrons. The Balaban J connectivity index is 1.72. The molecule has 0 bridgehead atoms. The first-order valence-electron chi connectivity index (χ1n) is 9.21. The summed E-state index contributed by atoms with van der Waals surface area (Å²) in [5.41, 5.74) is -0.835. The van der Waals surface area contributed by atoms with Crippen LogP contribution in [0.15, 0.2) is 36.5 Å². The molecule has 0 spiro atoms. The molecule has 1 aromatic carbocycles. The van der Waals surface area contributed by atoms with E-state index in [9.17, 15) is 26.3 Å². The van der Waals surface area contributed by atoms with Gasteiger partial charge in [0.25, 0.3) is 0 Å². The van der Waals surface area contributed by atoms with Crippen molar-refractivity contribution in [2.75, 3.05) is 24.6 Å². The van der Waals surface area contributed by atoms with Crippen molar-refractivity contribution >= 4 is 5.82 Å². The quantitative estimate of drug-likeness (QED) is 0.578. The van der Waals surface area contributed by atoms with E-state index in [-0.39, 0.29) is 18.3 Å². The maximum atomic E-state index is 13.0. The number of nitrogens with zero attached hydrogens (tertiary/aromatic N) is 2. The van der Waals surface area contributed by atoms with Crippen LogP contribution < -0.4 is 9.64 Å². The van der Waals surface area contributed by atoms with Crippen molar-refractivity contribution < 1.29 is 31.1 Å². The summed E-state index contributed by atoms with van der Waals surface area (Å²) in [7, 11) is 0. The Kier molecular flexibility index (Phi) is 5.95. The number of pyridine rings is 1. The maximum Gasteiger partial charge on any atom is 0.417 e. The van der Waals surface area contributed by atoms with Crippen molar-refractivity contribution in [1.29, 1.82) is 0 Å². The maximum absolute atomic E-state index is 13.0. The highest BCUT2D eigenvalue weighted by Gasteiger charge is 2.33. The highest BCUT2D eigenvalue weighted by molar-refractivity contribution is 5.44. The van der Waals surface area contributed by atoms with Crippen LogP contribution in [0.1, 0.15) is 42.4 Å². The molecule has 158 valence electrons. The van der Waals surface area contributed by atoms with Gasteiger partial charge in [-0.25, -0.2) is 4.98 Å². The van der Waals surface area contributed by atoms with Gasteiger partial charge in [0.15, 0.2) is 0 Å². The first-order chi connectivity index (χ1) is 13.6. The number of alkyl halides is 6. The number of ether oxygens (including phenoxy) is 1. The number of halogens is 6. The minimum atomic E-state index is -4.44. The van der Waals surface area contributed by atoms with Gasteiger partial charge in [0.05, 0.1) is 17.7 Å². The van der Waals surface area contributed by atoms with Crippen LogP contribution in [0.5, 0.6) is 5.75 Å². The van der Waals surface area contributed by atoms with E-state index in [4.69, 9.17) is 4.74 Å². The number of aromatic nitrogens is 1. The number of rotatable bonds is 4. The lowest BCUT2D eigenvalue weighted by molar-refractivity contribution is -0.138. The molecule has 29 heavy (non-hydrogen) atoms. The average Bonchev–Trinajstić information content (AvgIpc) is 2.67. The largest absolute Gasteiger partial charge is 0.494 e. The first-order valence-corrected chi connectivity index (χ1v) is 9.21. The molecular formula is C20H20F6N2O. The van der Waals surface area contributed by atoms with E-state index in [2.05, 4.69) is 4.98 Å². The fourth-order valence-electron chi connectivity index (χ4n) is 3.49. The van der Waals surface area contributed by atoms with Gasteiger partial charge in [-0.05, 0) is 55.5 Å². The van der Waals surface area contributed by atoms with E-state index in [1.165, 1.54) is 12.1 Å². The van der Waals surface area contributed by atoms with Gasteiger partial charge in [-0.1, -0.05) is 6.07 Å². The van der Waals surface area contributed by atoms with Crippen LogP contribution in [0, 0.1) is 0 Å². The number of hydrogen-bond acceptors (Lipinski definition) is 3. The van der Waals surface area contributed by atoms with Gasteiger partial charge >= 0.3 is 12.4 Å². The van der Waals surface area contributed by atoms with Gasteiger partial charge in [-0.3, -0.25) is 0 Å². The third kappa shape index (κ3) is 4.94. The molecule has 0 atom stereocenters. The normalized spacial score (nSPS) is 16.2. The average molecular weight is 418 g/mol. The summed E-state index contributed by atoms with van der Waals surface area (Å²) < 4.78 is 82.4. The Morgan fingerprint density at radius 3 is 2.10 bits per heavy atom. The summed E-state index contributed by atoms with van der Waals surface area (Å²) in [6, 6.07) is 5.89. The molecular weight excluding hydrogens is 398 g/mol. The highest BCUT2D eigenvalue weighted by atomic mass is 19.4. The fraction of sp³-hybridized carbons (Fsp3) is 0.450. The van der Waals surface area contributed by atoms with Gasteiger partial charge in [0.2, 0.25) is 0 Å². The molecule has 0 amide bonds. The number of benzene rings is 1. The molecule has 1 fully saturated rings. The van der Waals surface area contributed by atoms with Crippen molar-refractivity contribution in [3.8, 4) is 5.75 Å². The lowest BCUT2D eigenvalue weighted by atomic mass is 9.88. The van der Waals surface area contributed by atoms with Crippen molar-refractivity contribution in [1.82, 2.24) is 4.98 Å². The van der Waals surface area contributed by atoms with Gasteiger partial charge in [0, 0.05) is 19.3 Å². The van der Waals surface area contributed by atoms with Gasteiger partial charge in [0.1, 0.15) is 11.6 Å². The molecule has 1 aromatic heterocycles. The molecule has 2 heterocycles. The molecule has 1 saturated heterocycles. The molecule has 9 heteroatoms. The Morgan fingerprint density at radius 2 is 1.59 bits per heavy atom. The van der Waals surface area contributed by atoms with Crippen LogP contribution in [0.3, 0.4) is 0 Å². The third-order valence-corrected chi connectivity index (χ3v) is 4.97. The molecule has 3 nitrogen and oxygen atoms in total. The molecule has 0 saturated carbocycles. The monoisotopic (exact) mass is 418 g/mol. The zero-order valence-electron chi connectivity index (χ0n) is 15.6. The molecule has 1 aliphatic heterocycles. The van der Waals surface area contributed by atoms with Crippen LogP contribution >= 0.6 is 0 Å². The van der Waals surface area contributed by atoms with E-state index < -0.39 is 23.5 Å². The summed E-state index contributed by atoms with van der Waals surface area (Å²) in [5.74, 6) is 0.687. The van der Waals surface area contributed by atoms with Gasteiger partial charge in [-0.15, -0.1) is 0 Å². The lowest BCUT2D eigenvalue weighted by Gasteiger charge is -2.33. The fourth-order valence-corrected chi connectivity index (χ4v) is 3.49. The van der Waals surface area contributed by atoms with Gasteiger partial charge in [-0.2, -0.15) is 26.3 Å². The Labute approximate surface area is 164 Å². The molecule has 0 unspecified atom stereocenters. The van der Waals surface area contributed by atoms with Crippen molar-refractivity contribution in [2.45, 2.75) is 38.0 Å². The Hall–Kier alpha value is -2.45. The highest BCUT2D eigenvalue weighted by Crippen LogP contribution is 2.39. The van der Waals surface area contributed by atoms with Gasteiger partial charge < -0.3 is 9.64 Å². The van der Waals surface area contributed by atoms with Crippen molar-refractivity contribution in [3.05, 3.63) is 53.2 Å². The topological polar surface area (TPSA) is 25.4 Å². The zero-order valence-corrected chi connectivity index (χ0v) is 15.6. The smallest absolute Gasteiger partial charge is 0.417 e. The summed E-state index contributed by atoms with van der Waals surface area (Å²) >= 11 is 0. The van der Waals surface area contributed by atoms with Crippen LogP contribution in [-0.2, 0) is 12.4 Å². The minimum absolute atomic E-state index is 0.00420. The van der Waals surface area contributed by atoms with E-state index >= 15 is 0 Å². The second kappa shape index (κ2) is 8.12. The Bertz CT molecular complexity index is 824. The number of piperidine rings is 1. The van der Waals surface area contributed by atoms with E-state index in [1.54, 1.807) is 6.92 Å². The second-order valence-corrected chi connectivity index (χ2v) is 6.85. The standard InChI is InChI=1S/C20H20F6N2O/c1-2-29-17-11-14(19(21,22)23)3-5-16(17)13-7-9-28(10-8-13)18-6-4-15(12-27-18)20(24,25)26/h3-6,11-13H,2,7-10H2,1H3. The third-order valence-electron chi connectivity index (χ3n) is 4.97. The number of anilines is 1. The van der Waals surface area contributed by atoms with E-state index in [1.807, 2.05) is 4.90 Å². The molecule has 1 aliphatic rings. The van der Waals surface area contributed by atoms with Crippen LogP contribution in [0.2, 0.25) is 0 Å². The van der Waals surface area contributed by atoms with Crippen LogP contribution in [0.4, 0.5) is 32.2 Å². The summed E-state index contributed by atoms with van der Waals surface area (Å²) in [6.07, 6.45) is -6.80. The lowest BCUT2D eigenvalue weighted by Crippen LogP contribution is -2.33. The summed E-state index contributed by atoms with van der Waals surface area (Å²) in [5, 5.41) is 0. The predicted octanol–water partition coefficient (Wildman–Crippen LogP) is 5.90. The first kappa shape index (κ1) is 21.3. The van der Waals surface area contributed by atoms with E-state index in [0.29, 0.717) is 31.7 Å². The summed E-state index contributed by atoms with van der Waals surface area (Å²) in [6.45, 7) is 3.04. The second-order valence-electron chi connectivity index (χ2n) is 6.85. The minimum Gasteiger partial charge on any atom is -0.494 e. The zero-order chi connectivity index (χ0) is 21.2. The van der Waals surface area contributed by atoms with Crippen molar-refractivity contribution in [3.63, 3.8) is 0 Å². The Morgan fingerprint density at radius 1 is 0.966 bits per heavy atom. The summed E-state index contributed by atoms with van der Waals surface area (Å²) in [4.78, 5) is 5.78. The molecule has 0 aliphatic carbocycles. The molecule has 2 aromatic rings. The van der Waals surface area contributed by atoms with E-state index in [0.717, 1.165) is 30.0 Å².